The molecule has 1 unspecified atom stereocenters. The number of amides is 4. The topological polar surface area (TPSA) is 139 Å². The largest absolute Gasteiger partial charge is 0.417 e. The minimum absolute atomic E-state index is 0.0383. The molecule has 45 heavy (non-hydrogen) atoms. The summed E-state index contributed by atoms with van der Waals surface area (Å²) in [5.74, 6) is -1.78. The van der Waals surface area contributed by atoms with Crippen molar-refractivity contribution in [2.45, 2.75) is 103 Å². The molecular weight excluding hydrogens is 574 g/mol. The van der Waals surface area contributed by atoms with E-state index in [1.807, 2.05) is 45.0 Å². The van der Waals surface area contributed by atoms with Crippen LogP contribution in [0.25, 0.3) is 17.0 Å². The summed E-state index contributed by atoms with van der Waals surface area (Å²) in [6.45, 7) is 6.08. The molecule has 0 radical (unpaired) electrons. The number of ketones is 1. The van der Waals surface area contributed by atoms with Crippen LogP contribution in [0.15, 0.2) is 36.2 Å². The highest BCUT2D eigenvalue weighted by molar-refractivity contribution is 6.06. The first-order chi connectivity index (χ1) is 21.7. The monoisotopic (exact) mass is 621 g/mol. The lowest BCUT2D eigenvalue weighted by Gasteiger charge is -2.39. The molecule has 2 aromatic rings. The summed E-state index contributed by atoms with van der Waals surface area (Å²) in [4.78, 5) is 74.3. The van der Waals surface area contributed by atoms with Gasteiger partial charge in [0, 0.05) is 30.3 Å². The van der Waals surface area contributed by atoms with Crippen LogP contribution in [0.5, 0.6) is 0 Å². The van der Waals surface area contributed by atoms with Crippen molar-refractivity contribution < 1.29 is 28.8 Å². The fraction of sp³-hybridized carbons (Fsp3) is 0.559. The SMILES string of the molecule is CCC(=O)CCCCC[C@@H]1NC(=O)[C@H]2CCCCN2C(=O)[C@H](C(C)CC)NC(=O)C(=Cc2cn(OC)c3ccccc23)NC1=O. The van der Waals surface area contributed by atoms with E-state index in [1.165, 1.54) is 7.11 Å². The zero-order valence-electron chi connectivity index (χ0n) is 26.9. The Hall–Kier alpha value is -4.15. The lowest BCUT2D eigenvalue weighted by Crippen LogP contribution is -2.62. The summed E-state index contributed by atoms with van der Waals surface area (Å²) in [6.07, 6.45) is 9.28. The molecule has 11 heteroatoms. The molecular formula is C34H47N5O6. The molecule has 0 saturated carbocycles. The van der Waals surface area contributed by atoms with Crippen molar-refractivity contribution in [3.63, 3.8) is 0 Å². The molecule has 2 saturated heterocycles. The number of rotatable bonds is 11. The molecule has 4 amide bonds. The van der Waals surface area contributed by atoms with Crippen molar-refractivity contribution in [1.29, 1.82) is 0 Å². The Labute approximate surface area is 265 Å². The van der Waals surface area contributed by atoms with Gasteiger partial charge in [-0.2, -0.15) is 4.73 Å². The maximum absolute atomic E-state index is 14.0. The molecule has 0 aliphatic carbocycles. The molecule has 1 aromatic carbocycles. The number of carbonyl (C=O) groups is 5. The Morgan fingerprint density at radius 3 is 2.56 bits per heavy atom. The van der Waals surface area contributed by atoms with Gasteiger partial charge in [-0.15, -0.1) is 0 Å². The first kappa shape index (κ1) is 33.7. The number of fused-ring (bicyclic) bond motifs is 2. The summed E-state index contributed by atoms with van der Waals surface area (Å²) >= 11 is 0. The average Bonchev–Trinajstić information content (AvgIpc) is 3.41. The number of hydrogen-bond acceptors (Lipinski definition) is 6. The van der Waals surface area contributed by atoms with E-state index >= 15 is 0 Å². The predicted molar refractivity (Wildman–Crippen MR) is 172 cm³/mol. The first-order valence-corrected chi connectivity index (χ1v) is 16.3. The number of piperidine rings is 1. The van der Waals surface area contributed by atoms with Crippen molar-refractivity contribution in [2.24, 2.45) is 5.92 Å². The maximum atomic E-state index is 14.0. The summed E-state index contributed by atoms with van der Waals surface area (Å²) in [5, 5.41) is 9.44. The molecule has 3 heterocycles. The van der Waals surface area contributed by atoms with Crippen LogP contribution >= 0.6 is 0 Å². The van der Waals surface area contributed by atoms with Crippen LogP contribution < -0.4 is 20.8 Å². The third kappa shape index (κ3) is 8.12. The second-order valence-corrected chi connectivity index (χ2v) is 12.1. The number of Topliss-reactive ketones (excluding diaryl/α,β-unsaturated/α-hetero) is 1. The Balaban J connectivity index is 1.72. The molecule has 1 aromatic heterocycles. The Morgan fingerprint density at radius 1 is 1.04 bits per heavy atom. The molecule has 0 spiro atoms. The Morgan fingerprint density at radius 2 is 1.82 bits per heavy atom. The van der Waals surface area contributed by atoms with Crippen LogP contribution in [0.2, 0.25) is 0 Å². The van der Waals surface area contributed by atoms with Crippen molar-refractivity contribution in [3.8, 4) is 0 Å². The molecule has 3 N–H and O–H groups in total. The van der Waals surface area contributed by atoms with E-state index in [4.69, 9.17) is 4.84 Å². The van der Waals surface area contributed by atoms with Crippen molar-refractivity contribution >= 4 is 46.4 Å². The number of carbonyl (C=O) groups excluding carboxylic acids is 5. The van der Waals surface area contributed by atoms with E-state index in [9.17, 15) is 24.0 Å². The molecule has 2 aliphatic rings. The van der Waals surface area contributed by atoms with Gasteiger partial charge in [-0.1, -0.05) is 58.2 Å². The van der Waals surface area contributed by atoms with Crippen LogP contribution in [0.3, 0.4) is 0 Å². The number of unbranched alkanes of at least 4 members (excludes halogenated alkanes) is 2. The van der Waals surface area contributed by atoms with Gasteiger partial charge in [-0.05, 0) is 50.2 Å². The average molecular weight is 622 g/mol. The molecule has 2 fully saturated rings. The number of aromatic nitrogens is 1. The highest BCUT2D eigenvalue weighted by Crippen LogP contribution is 2.25. The Bertz CT molecular complexity index is 1430. The van der Waals surface area contributed by atoms with Crippen molar-refractivity contribution in [2.75, 3.05) is 13.7 Å². The summed E-state index contributed by atoms with van der Waals surface area (Å²) < 4.78 is 1.57. The zero-order chi connectivity index (χ0) is 32.5. The maximum Gasteiger partial charge on any atom is 0.268 e. The van der Waals surface area contributed by atoms with E-state index in [1.54, 1.807) is 21.9 Å². The van der Waals surface area contributed by atoms with E-state index in [-0.39, 0.29) is 29.2 Å². The van der Waals surface area contributed by atoms with E-state index in [2.05, 4.69) is 16.0 Å². The number of nitrogens with one attached hydrogen (secondary N) is 3. The van der Waals surface area contributed by atoms with Gasteiger partial charge in [0.25, 0.3) is 5.91 Å². The fourth-order valence-corrected chi connectivity index (χ4v) is 6.08. The van der Waals surface area contributed by atoms with Crippen LogP contribution in [0, 0.1) is 5.92 Å². The van der Waals surface area contributed by atoms with Gasteiger partial charge in [0.1, 0.15) is 36.7 Å². The number of benzene rings is 1. The standard InChI is InChI=1S/C34H47N5O6/c1-5-22(3)30-34(44)38-19-13-12-18-29(38)33(43)35-26(16-9-7-8-14-24(40)6-2)31(41)36-27(32(42)37-30)20-23-21-39(45-4)28-17-11-10-15-25(23)28/h10-11,15,17,20-22,26,29-30H,5-9,12-14,16,18-19H2,1-4H3,(H,35,43)(H,36,41)(H,37,42)/t22?,26-,29+,30-/m0/s1. The normalized spacial score (nSPS) is 23.0. The quantitative estimate of drug-likeness (QED) is 0.259. The lowest BCUT2D eigenvalue weighted by molar-refractivity contribution is -0.147. The second-order valence-electron chi connectivity index (χ2n) is 12.1. The molecule has 11 nitrogen and oxygen atoms in total. The van der Waals surface area contributed by atoms with Crippen molar-refractivity contribution in [3.05, 3.63) is 41.7 Å². The predicted octanol–water partition coefficient (Wildman–Crippen LogP) is 3.50. The molecule has 4 rings (SSSR count). The molecule has 0 bridgehead atoms. The molecule has 2 aliphatic heterocycles. The first-order valence-electron chi connectivity index (χ1n) is 16.3. The van der Waals surface area contributed by atoms with Crippen LogP contribution in [-0.2, 0) is 24.0 Å². The minimum atomic E-state index is -0.931. The number of hydrogen-bond donors (Lipinski definition) is 3. The third-order valence-corrected chi connectivity index (χ3v) is 9.04. The molecule has 244 valence electrons. The summed E-state index contributed by atoms with van der Waals surface area (Å²) in [5.41, 5.74) is 1.37. The zero-order valence-corrected chi connectivity index (χ0v) is 26.9. The van der Waals surface area contributed by atoms with Crippen LogP contribution in [0.1, 0.15) is 90.5 Å². The van der Waals surface area contributed by atoms with Gasteiger partial charge in [0.05, 0.1) is 11.7 Å². The second kappa shape index (κ2) is 15.7. The van der Waals surface area contributed by atoms with E-state index < -0.39 is 29.9 Å². The Kier molecular flexibility index (Phi) is 11.8. The van der Waals surface area contributed by atoms with Crippen molar-refractivity contribution in [1.82, 2.24) is 25.6 Å². The number of nitrogens with zero attached hydrogens (tertiary/aromatic N) is 2. The van der Waals surface area contributed by atoms with Gasteiger partial charge >= 0.3 is 0 Å². The number of para-hydroxylation sites is 1. The fourth-order valence-electron chi connectivity index (χ4n) is 6.08. The third-order valence-electron chi connectivity index (χ3n) is 9.04. The summed E-state index contributed by atoms with van der Waals surface area (Å²) in [6, 6.07) is 4.99. The van der Waals surface area contributed by atoms with Gasteiger partial charge in [0.2, 0.25) is 17.7 Å². The highest BCUT2D eigenvalue weighted by Gasteiger charge is 2.40. The minimum Gasteiger partial charge on any atom is -0.417 e. The van der Waals surface area contributed by atoms with Crippen LogP contribution in [0.4, 0.5) is 0 Å². The highest BCUT2D eigenvalue weighted by atomic mass is 16.6. The van der Waals surface area contributed by atoms with E-state index in [0.29, 0.717) is 57.1 Å². The van der Waals surface area contributed by atoms with E-state index in [0.717, 1.165) is 30.2 Å². The smallest absolute Gasteiger partial charge is 0.268 e. The van der Waals surface area contributed by atoms with Gasteiger partial charge in [-0.3, -0.25) is 24.0 Å². The summed E-state index contributed by atoms with van der Waals surface area (Å²) in [7, 11) is 1.54. The molecule has 4 atom stereocenters. The van der Waals surface area contributed by atoms with Gasteiger partial charge < -0.3 is 25.7 Å². The van der Waals surface area contributed by atoms with Crippen LogP contribution in [-0.4, -0.2) is 70.8 Å². The van der Waals surface area contributed by atoms with Gasteiger partial charge in [-0.25, -0.2) is 0 Å². The van der Waals surface area contributed by atoms with Gasteiger partial charge in [0.15, 0.2) is 0 Å². The lowest BCUT2D eigenvalue weighted by atomic mass is 9.93.